The van der Waals surface area contributed by atoms with Gasteiger partial charge in [-0.3, -0.25) is 4.79 Å². The van der Waals surface area contributed by atoms with Gasteiger partial charge in [0.05, 0.1) is 0 Å². The smallest absolute Gasteiger partial charge is 0.159 e. The fourth-order valence-electron chi connectivity index (χ4n) is 4.62. The maximum atomic E-state index is 12.9. The lowest BCUT2D eigenvalue weighted by Gasteiger charge is -2.37. The molecule has 1 fully saturated rings. The number of hydrogen-bond donors (Lipinski definition) is 0. The Balaban J connectivity index is 1.34. The third kappa shape index (κ3) is 3.91. The molecule has 0 aromatic heterocycles. The topological polar surface area (TPSA) is 17.1 Å². The molecule has 2 aliphatic rings. The summed E-state index contributed by atoms with van der Waals surface area (Å²) in [5.41, 5.74) is 4.83. The minimum Gasteiger partial charge on any atom is -0.295 e. The average molecular weight is 354 g/mol. The van der Waals surface area contributed by atoms with Crippen LogP contribution in [0.15, 0.2) is 66.2 Å². The molecule has 2 unspecified atom stereocenters. The minimum atomic E-state index is 0.382. The van der Waals surface area contributed by atoms with Gasteiger partial charge in [0.2, 0.25) is 0 Å². The van der Waals surface area contributed by atoms with Crippen molar-refractivity contribution in [1.29, 1.82) is 0 Å². The van der Waals surface area contributed by atoms with E-state index in [1.807, 2.05) is 36.4 Å². The van der Waals surface area contributed by atoms with E-state index < -0.39 is 0 Å². The van der Waals surface area contributed by atoms with E-state index in [1.54, 1.807) is 0 Å². The highest BCUT2D eigenvalue weighted by Crippen LogP contribution is 2.55. The number of carbonyl (C=O) groups excluding carboxylic acids is 1. The highest BCUT2D eigenvalue weighted by Gasteiger charge is 2.45. The van der Waals surface area contributed by atoms with E-state index in [-0.39, 0.29) is 0 Å². The third-order valence-electron chi connectivity index (χ3n) is 5.90. The maximum absolute atomic E-state index is 12.9. The summed E-state index contributed by atoms with van der Waals surface area (Å²) in [6, 6.07) is 20.6. The summed E-state index contributed by atoms with van der Waals surface area (Å²) in [5.74, 6) is 7.97. The zero-order valence-corrected chi connectivity index (χ0v) is 15.8. The molecule has 1 heteroatoms. The second-order valence-corrected chi connectivity index (χ2v) is 7.64. The molecule has 1 nitrogen and oxygen atoms in total. The first kappa shape index (κ1) is 17.8. The van der Waals surface area contributed by atoms with Crippen molar-refractivity contribution in [2.45, 2.75) is 44.9 Å². The Labute approximate surface area is 162 Å². The van der Waals surface area contributed by atoms with Crippen molar-refractivity contribution in [3.63, 3.8) is 0 Å². The number of fused-ring (bicyclic) bond motifs is 1. The summed E-state index contributed by atoms with van der Waals surface area (Å²) >= 11 is 0. The summed E-state index contributed by atoms with van der Waals surface area (Å²) in [7, 11) is 0. The molecule has 4 rings (SSSR count). The Kier molecular flexibility index (Phi) is 5.54. The first-order chi connectivity index (χ1) is 13.3. The van der Waals surface area contributed by atoms with E-state index in [1.165, 1.54) is 30.4 Å². The fraction of sp³-hybridized carbons (Fsp3) is 0.346. The highest BCUT2D eigenvalue weighted by atomic mass is 16.1. The first-order valence-corrected chi connectivity index (χ1v) is 10.2. The van der Waals surface area contributed by atoms with Crippen LogP contribution in [-0.4, -0.2) is 5.78 Å². The lowest BCUT2D eigenvalue weighted by molar-refractivity contribution is -0.116. The number of ketones is 1. The molecule has 2 atom stereocenters. The van der Waals surface area contributed by atoms with Crippen LogP contribution >= 0.6 is 0 Å². The van der Waals surface area contributed by atoms with Crippen LogP contribution in [-0.2, 0) is 4.79 Å². The van der Waals surface area contributed by atoms with Crippen LogP contribution in [0.1, 0.15) is 56.1 Å². The van der Waals surface area contributed by atoms with Crippen LogP contribution in [0.4, 0.5) is 0 Å². The van der Waals surface area contributed by atoms with E-state index in [2.05, 4.69) is 36.1 Å². The summed E-state index contributed by atoms with van der Waals surface area (Å²) in [4.78, 5) is 12.9. The summed E-state index contributed by atoms with van der Waals surface area (Å²) < 4.78 is 0. The highest BCUT2D eigenvalue weighted by molar-refractivity contribution is 6.07. The van der Waals surface area contributed by atoms with Crippen LogP contribution in [0.2, 0.25) is 0 Å². The van der Waals surface area contributed by atoms with E-state index in [0.717, 1.165) is 30.4 Å². The molecule has 0 bridgehead atoms. The minimum absolute atomic E-state index is 0.382. The number of allylic oxidation sites excluding steroid dienone is 2. The second-order valence-electron chi connectivity index (χ2n) is 7.64. The largest absolute Gasteiger partial charge is 0.295 e. The number of rotatable bonds is 6. The SMILES string of the molecule is O=C(CCCCC#Cc1ccccc1)C1=C(c2ccccc2)C2CCCC12. The van der Waals surface area contributed by atoms with Crippen LogP contribution in [0.5, 0.6) is 0 Å². The molecule has 0 radical (unpaired) electrons. The van der Waals surface area contributed by atoms with Crippen molar-refractivity contribution < 1.29 is 4.79 Å². The molecule has 0 saturated heterocycles. The van der Waals surface area contributed by atoms with E-state index >= 15 is 0 Å². The van der Waals surface area contributed by atoms with Gasteiger partial charge in [-0.25, -0.2) is 0 Å². The van der Waals surface area contributed by atoms with Crippen molar-refractivity contribution in [3.8, 4) is 11.8 Å². The Bertz CT molecular complexity index is 880. The van der Waals surface area contributed by atoms with E-state index in [9.17, 15) is 4.79 Å². The van der Waals surface area contributed by atoms with Crippen molar-refractivity contribution in [1.82, 2.24) is 0 Å². The summed E-state index contributed by atoms with van der Waals surface area (Å²) in [5, 5.41) is 0. The van der Waals surface area contributed by atoms with Crippen LogP contribution < -0.4 is 0 Å². The monoisotopic (exact) mass is 354 g/mol. The van der Waals surface area contributed by atoms with Gasteiger partial charge in [0.15, 0.2) is 5.78 Å². The first-order valence-electron chi connectivity index (χ1n) is 10.2. The number of unbranched alkanes of at least 4 members (excludes halogenated alkanes) is 2. The number of hydrogen-bond acceptors (Lipinski definition) is 1. The van der Waals surface area contributed by atoms with Crippen molar-refractivity contribution >= 4 is 11.4 Å². The van der Waals surface area contributed by atoms with Crippen LogP contribution in [0, 0.1) is 23.7 Å². The van der Waals surface area contributed by atoms with Gasteiger partial charge in [-0.1, -0.05) is 66.8 Å². The van der Waals surface area contributed by atoms with Crippen molar-refractivity contribution in [2.75, 3.05) is 0 Å². The van der Waals surface area contributed by atoms with Gasteiger partial charge >= 0.3 is 0 Å². The predicted octanol–water partition coefficient (Wildman–Crippen LogP) is 6.05. The standard InChI is InChI=1S/C26H26O/c27-24(19-10-2-1-5-12-20-13-6-3-7-14-20)26-23-18-11-17-22(23)25(26)21-15-8-4-9-16-21/h3-4,6-9,13-16,22-23H,1-2,10-11,17-19H2. The van der Waals surface area contributed by atoms with Gasteiger partial charge < -0.3 is 0 Å². The second kappa shape index (κ2) is 8.40. The Morgan fingerprint density at radius 2 is 1.59 bits per heavy atom. The zero-order valence-electron chi connectivity index (χ0n) is 15.8. The van der Waals surface area contributed by atoms with Crippen LogP contribution in [0.3, 0.4) is 0 Å². The molecule has 0 spiro atoms. The number of Topliss-reactive ketones (excluding diaryl/α,β-unsaturated/α-hetero) is 1. The fourth-order valence-corrected chi connectivity index (χ4v) is 4.62. The summed E-state index contributed by atoms with van der Waals surface area (Å²) in [6.07, 6.45) is 7.17. The molecule has 2 aromatic rings. The van der Waals surface area contributed by atoms with Crippen LogP contribution in [0.25, 0.3) is 5.57 Å². The molecule has 0 aliphatic heterocycles. The van der Waals surface area contributed by atoms with Gasteiger partial charge in [0.1, 0.15) is 0 Å². The van der Waals surface area contributed by atoms with Gasteiger partial charge in [0, 0.05) is 24.0 Å². The predicted molar refractivity (Wildman–Crippen MR) is 111 cm³/mol. The Morgan fingerprint density at radius 1 is 0.889 bits per heavy atom. The zero-order chi connectivity index (χ0) is 18.5. The molecule has 2 aromatic carbocycles. The molecule has 0 amide bonds. The summed E-state index contributed by atoms with van der Waals surface area (Å²) in [6.45, 7) is 0. The molecule has 1 saturated carbocycles. The lowest BCUT2D eigenvalue weighted by atomic mass is 9.65. The molecular formula is C26H26O. The average Bonchev–Trinajstić information content (AvgIpc) is 3.09. The van der Waals surface area contributed by atoms with Gasteiger partial charge in [-0.05, 0) is 60.8 Å². The van der Waals surface area contributed by atoms with Gasteiger partial charge in [0.25, 0.3) is 0 Å². The molecular weight excluding hydrogens is 328 g/mol. The van der Waals surface area contributed by atoms with Crippen molar-refractivity contribution in [2.24, 2.45) is 11.8 Å². The van der Waals surface area contributed by atoms with E-state index in [0.29, 0.717) is 24.0 Å². The lowest BCUT2D eigenvalue weighted by Crippen LogP contribution is -2.30. The third-order valence-corrected chi connectivity index (χ3v) is 5.90. The molecule has 0 N–H and O–H groups in total. The van der Waals surface area contributed by atoms with Gasteiger partial charge in [-0.15, -0.1) is 0 Å². The maximum Gasteiger partial charge on any atom is 0.159 e. The Hall–Kier alpha value is -2.59. The number of benzene rings is 2. The molecule has 2 aliphatic carbocycles. The Morgan fingerprint density at radius 3 is 2.37 bits per heavy atom. The number of carbonyl (C=O) groups is 1. The van der Waals surface area contributed by atoms with Crippen molar-refractivity contribution in [3.05, 3.63) is 77.4 Å². The van der Waals surface area contributed by atoms with E-state index in [4.69, 9.17) is 0 Å². The molecule has 136 valence electrons. The molecule has 0 heterocycles. The quantitative estimate of drug-likeness (QED) is 0.456. The normalized spacial score (nSPS) is 20.4. The van der Waals surface area contributed by atoms with Gasteiger partial charge in [-0.2, -0.15) is 0 Å². The molecule has 27 heavy (non-hydrogen) atoms.